The van der Waals surface area contributed by atoms with Crippen LogP contribution in [0.2, 0.25) is 0 Å². The van der Waals surface area contributed by atoms with Gasteiger partial charge in [-0.3, -0.25) is 0 Å². The standard InChI is InChI=1S/C12H21NO5/c1-12(2,3)18-11(17)13-9(10(15)16)7-5-4-6-8(7)14/h7-9,14H,4-6H2,1-3H3,(H,13,17)(H,15,16)/t7-,8-,9?/m1/s1. The highest BCUT2D eigenvalue weighted by Gasteiger charge is 2.38. The van der Waals surface area contributed by atoms with E-state index in [0.717, 1.165) is 6.42 Å². The molecule has 0 aliphatic heterocycles. The summed E-state index contributed by atoms with van der Waals surface area (Å²) in [5, 5.41) is 21.1. The number of carboxylic acids is 1. The number of carbonyl (C=O) groups is 2. The van der Waals surface area contributed by atoms with Crippen LogP contribution in [0.4, 0.5) is 4.79 Å². The smallest absolute Gasteiger partial charge is 0.408 e. The van der Waals surface area contributed by atoms with Gasteiger partial charge in [-0.15, -0.1) is 0 Å². The molecule has 104 valence electrons. The number of rotatable bonds is 3. The van der Waals surface area contributed by atoms with Crippen LogP contribution in [0.3, 0.4) is 0 Å². The van der Waals surface area contributed by atoms with Gasteiger partial charge < -0.3 is 20.3 Å². The van der Waals surface area contributed by atoms with E-state index in [4.69, 9.17) is 9.84 Å². The third kappa shape index (κ3) is 4.18. The lowest BCUT2D eigenvalue weighted by atomic mass is 9.96. The molecule has 1 fully saturated rings. The molecule has 6 heteroatoms. The van der Waals surface area contributed by atoms with E-state index >= 15 is 0 Å². The van der Waals surface area contributed by atoms with E-state index in [2.05, 4.69) is 5.32 Å². The van der Waals surface area contributed by atoms with E-state index < -0.39 is 35.7 Å². The zero-order chi connectivity index (χ0) is 13.9. The third-order valence-electron chi connectivity index (χ3n) is 2.90. The summed E-state index contributed by atoms with van der Waals surface area (Å²) in [6.45, 7) is 5.10. The molecular formula is C12H21NO5. The maximum absolute atomic E-state index is 11.6. The number of hydrogen-bond acceptors (Lipinski definition) is 4. The van der Waals surface area contributed by atoms with Crippen molar-refractivity contribution in [3.8, 4) is 0 Å². The Morgan fingerprint density at radius 3 is 2.33 bits per heavy atom. The van der Waals surface area contributed by atoms with Gasteiger partial charge in [0.1, 0.15) is 11.6 Å². The molecule has 18 heavy (non-hydrogen) atoms. The summed E-state index contributed by atoms with van der Waals surface area (Å²) in [5.74, 6) is -1.60. The number of amides is 1. The van der Waals surface area contributed by atoms with Crippen molar-refractivity contribution in [1.82, 2.24) is 5.32 Å². The van der Waals surface area contributed by atoms with Crippen LogP contribution in [0.1, 0.15) is 40.0 Å². The second-order valence-corrected chi connectivity index (χ2v) is 5.62. The molecule has 0 aromatic rings. The highest BCUT2D eigenvalue weighted by molar-refractivity contribution is 5.80. The maximum atomic E-state index is 11.6. The molecular weight excluding hydrogens is 238 g/mol. The summed E-state index contributed by atoms with van der Waals surface area (Å²) >= 11 is 0. The van der Waals surface area contributed by atoms with Crippen LogP contribution >= 0.6 is 0 Å². The van der Waals surface area contributed by atoms with Gasteiger partial charge in [-0.2, -0.15) is 0 Å². The molecule has 0 bridgehead atoms. The molecule has 0 radical (unpaired) electrons. The lowest BCUT2D eigenvalue weighted by molar-refractivity contribution is -0.142. The van der Waals surface area contributed by atoms with Crippen LogP contribution in [0, 0.1) is 5.92 Å². The molecule has 1 aliphatic rings. The first kappa shape index (κ1) is 14.8. The van der Waals surface area contributed by atoms with Gasteiger partial charge in [-0.1, -0.05) is 6.42 Å². The summed E-state index contributed by atoms with van der Waals surface area (Å²) in [4.78, 5) is 22.7. The summed E-state index contributed by atoms with van der Waals surface area (Å²) in [7, 11) is 0. The number of aliphatic hydroxyl groups excluding tert-OH is 1. The number of aliphatic carboxylic acids is 1. The first-order chi connectivity index (χ1) is 8.20. The number of nitrogens with one attached hydrogen (secondary N) is 1. The quantitative estimate of drug-likeness (QED) is 0.706. The number of carbonyl (C=O) groups excluding carboxylic acids is 1. The fourth-order valence-electron chi connectivity index (χ4n) is 2.14. The molecule has 0 spiro atoms. The summed E-state index contributed by atoms with van der Waals surface area (Å²) < 4.78 is 5.02. The molecule has 0 aromatic heterocycles. The number of aliphatic hydroxyl groups is 1. The van der Waals surface area contributed by atoms with E-state index in [1.54, 1.807) is 20.8 Å². The van der Waals surface area contributed by atoms with Crippen molar-refractivity contribution < 1.29 is 24.5 Å². The third-order valence-corrected chi connectivity index (χ3v) is 2.90. The van der Waals surface area contributed by atoms with Gasteiger partial charge in [0.25, 0.3) is 0 Å². The minimum atomic E-state index is -1.15. The van der Waals surface area contributed by atoms with Crippen molar-refractivity contribution in [3.63, 3.8) is 0 Å². The molecule has 3 N–H and O–H groups in total. The van der Waals surface area contributed by atoms with Crippen LogP contribution in [0.25, 0.3) is 0 Å². The lowest BCUT2D eigenvalue weighted by Gasteiger charge is -2.26. The Balaban J connectivity index is 2.64. The minimum absolute atomic E-state index is 0.449. The van der Waals surface area contributed by atoms with Gasteiger partial charge in [0.15, 0.2) is 0 Å². The highest BCUT2D eigenvalue weighted by atomic mass is 16.6. The summed E-state index contributed by atoms with van der Waals surface area (Å²) in [6.07, 6.45) is 0.485. The van der Waals surface area contributed by atoms with Crippen molar-refractivity contribution in [2.75, 3.05) is 0 Å². The molecule has 1 unspecified atom stereocenters. The largest absolute Gasteiger partial charge is 0.480 e. The lowest BCUT2D eigenvalue weighted by Crippen LogP contribution is -2.49. The van der Waals surface area contributed by atoms with Gasteiger partial charge in [-0.05, 0) is 33.6 Å². The molecule has 0 saturated heterocycles. The van der Waals surface area contributed by atoms with Crippen molar-refractivity contribution in [1.29, 1.82) is 0 Å². The molecule has 3 atom stereocenters. The Morgan fingerprint density at radius 1 is 1.33 bits per heavy atom. The van der Waals surface area contributed by atoms with Crippen LogP contribution in [-0.2, 0) is 9.53 Å². The zero-order valence-corrected chi connectivity index (χ0v) is 11.0. The molecule has 0 aromatic carbocycles. The van der Waals surface area contributed by atoms with Crippen molar-refractivity contribution >= 4 is 12.1 Å². The average Bonchev–Trinajstić information content (AvgIpc) is 2.57. The summed E-state index contributed by atoms with van der Waals surface area (Å²) in [6, 6.07) is -1.10. The number of alkyl carbamates (subject to hydrolysis) is 1. The van der Waals surface area contributed by atoms with E-state index in [1.807, 2.05) is 0 Å². The normalized spacial score (nSPS) is 25.6. The average molecular weight is 259 g/mol. The van der Waals surface area contributed by atoms with Gasteiger partial charge in [0, 0.05) is 5.92 Å². The van der Waals surface area contributed by atoms with Crippen LogP contribution in [0.5, 0.6) is 0 Å². The van der Waals surface area contributed by atoms with E-state index in [0.29, 0.717) is 12.8 Å². The molecule has 1 amide bonds. The number of carboxylic acid groups (broad SMARTS) is 1. The molecule has 1 rings (SSSR count). The Labute approximate surface area is 106 Å². The van der Waals surface area contributed by atoms with Crippen molar-refractivity contribution in [2.24, 2.45) is 5.92 Å². The molecule has 6 nitrogen and oxygen atoms in total. The highest BCUT2D eigenvalue weighted by Crippen LogP contribution is 2.28. The van der Waals surface area contributed by atoms with Crippen LogP contribution in [0.15, 0.2) is 0 Å². The van der Waals surface area contributed by atoms with Gasteiger partial charge in [0.05, 0.1) is 6.10 Å². The molecule has 1 saturated carbocycles. The van der Waals surface area contributed by atoms with Gasteiger partial charge in [-0.25, -0.2) is 9.59 Å². The predicted octanol–water partition coefficient (Wildman–Crippen LogP) is 1.13. The van der Waals surface area contributed by atoms with Crippen LogP contribution in [-0.4, -0.2) is 40.0 Å². The first-order valence-electron chi connectivity index (χ1n) is 6.11. The second kappa shape index (κ2) is 5.56. The number of ether oxygens (including phenoxy) is 1. The monoisotopic (exact) mass is 259 g/mol. The topological polar surface area (TPSA) is 95.9 Å². The Kier molecular flexibility index (Phi) is 4.56. The van der Waals surface area contributed by atoms with Crippen molar-refractivity contribution in [3.05, 3.63) is 0 Å². The van der Waals surface area contributed by atoms with Gasteiger partial charge in [0.2, 0.25) is 0 Å². The first-order valence-corrected chi connectivity index (χ1v) is 6.11. The predicted molar refractivity (Wildman–Crippen MR) is 64.1 cm³/mol. The Hall–Kier alpha value is -1.30. The fraction of sp³-hybridized carbons (Fsp3) is 0.833. The molecule has 1 aliphatic carbocycles. The van der Waals surface area contributed by atoms with Gasteiger partial charge >= 0.3 is 12.1 Å². The van der Waals surface area contributed by atoms with E-state index in [1.165, 1.54) is 0 Å². The Bertz CT molecular complexity index is 323. The fourth-order valence-corrected chi connectivity index (χ4v) is 2.14. The second-order valence-electron chi connectivity index (χ2n) is 5.62. The molecule has 0 heterocycles. The van der Waals surface area contributed by atoms with E-state index in [9.17, 15) is 14.7 Å². The SMILES string of the molecule is CC(C)(C)OC(=O)NC(C(=O)O)[C@@H]1CCC[C@H]1O. The van der Waals surface area contributed by atoms with E-state index in [-0.39, 0.29) is 0 Å². The number of hydrogen-bond donors (Lipinski definition) is 3. The summed E-state index contributed by atoms with van der Waals surface area (Å²) in [5.41, 5.74) is -0.679. The van der Waals surface area contributed by atoms with Crippen LogP contribution < -0.4 is 5.32 Å². The van der Waals surface area contributed by atoms with Crippen molar-refractivity contribution in [2.45, 2.75) is 57.8 Å². The minimum Gasteiger partial charge on any atom is -0.480 e. The zero-order valence-electron chi connectivity index (χ0n) is 11.0. The maximum Gasteiger partial charge on any atom is 0.408 e. The Morgan fingerprint density at radius 2 is 1.94 bits per heavy atom.